The maximum atomic E-state index is 12.2. The van der Waals surface area contributed by atoms with Gasteiger partial charge in [-0.25, -0.2) is 0 Å². The van der Waals surface area contributed by atoms with Gasteiger partial charge in [0.15, 0.2) is 17.1 Å². The summed E-state index contributed by atoms with van der Waals surface area (Å²) in [6.45, 7) is 6.87. The van der Waals surface area contributed by atoms with E-state index in [-0.39, 0.29) is 18.1 Å². The molecule has 6 heteroatoms. The normalized spacial score (nSPS) is 10.8. The largest absolute Gasteiger partial charge is 0.488 e. The summed E-state index contributed by atoms with van der Waals surface area (Å²) in [4.78, 5) is 27.8. The van der Waals surface area contributed by atoms with Crippen LogP contribution in [0.2, 0.25) is 0 Å². The van der Waals surface area contributed by atoms with E-state index in [1.54, 1.807) is 12.1 Å². The van der Waals surface area contributed by atoms with E-state index < -0.39 is 5.97 Å². The molecule has 2 heterocycles. The lowest BCUT2D eigenvalue weighted by atomic mass is 10.1. The molecule has 0 bridgehead atoms. The number of aryl methyl sites for hydroxylation is 2. The zero-order valence-corrected chi connectivity index (χ0v) is 15.1. The van der Waals surface area contributed by atoms with Crippen molar-refractivity contribution in [3.63, 3.8) is 0 Å². The number of furan rings is 1. The van der Waals surface area contributed by atoms with Crippen molar-refractivity contribution >= 4 is 22.7 Å². The first kappa shape index (κ1) is 17.7. The van der Waals surface area contributed by atoms with Crippen LogP contribution in [0.15, 0.2) is 34.9 Å². The summed E-state index contributed by atoms with van der Waals surface area (Å²) in [5.74, 6) is 0.0293. The highest BCUT2D eigenvalue weighted by atomic mass is 16.5. The van der Waals surface area contributed by atoms with Gasteiger partial charge in [0.05, 0.1) is 5.39 Å². The molecule has 0 saturated heterocycles. The molecule has 2 aromatic heterocycles. The summed E-state index contributed by atoms with van der Waals surface area (Å²) in [6.07, 6.45) is 1.32. The van der Waals surface area contributed by atoms with Gasteiger partial charge in [-0.1, -0.05) is 6.07 Å². The number of rotatable bonds is 5. The van der Waals surface area contributed by atoms with Crippen LogP contribution in [0.4, 0.5) is 0 Å². The molecule has 0 radical (unpaired) electrons. The van der Waals surface area contributed by atoms with Crippen LogP contribution in [0.1, 0.15) is 41.2 Å². The van der Waals surface area contributed by atoms with Crippen LogP contribution in [0.5, 0.6) is 11.5 Å². The fraction of sp³-hybridized carbons (Fsp3) is 0.250. The highest BCUT2D eigenvalue weighted by molar-refractivity contribution is 6.08. The Balaban J connectivity index is 1.96. The number of benzene rings is 1. The van der Waals surface area contributed by atoms with E-state index in [1.807, 2.05) is 26.0 Å². The summed E-state index contributed by atoms with van der Waals surface area (Å²) in [5.41, 5.74) is 3.41. The zero-order chi connectivity index (χ0) is 18.8. The molecule has 0 spiro atoms. The van der Waals surface area contributed by atoms with E-state index >= 15 is 0 Å². The summed E-state index contributed by atoms with van der Waals surface area (Å²) in [5, 5.41) is 0.547. The van der Waals surface area contributed by atoms with E-state index in [0.717, 1.165) is 17.0 Å². The monoisotopic (exact) mass is 353 g/mol. The molecule has 0 amide bonds. The standard InChI is InChI=1S/C20H19NO5/c1-11-5-6-15(12(2)21-11)9-24-17-8-7-16-18(26-14(4)23)10-25-20(16)19(17)13(3)22/h5-8,10H,9H2,1-4H3. The molecule has 26 heavy (non-hydrogen) atoms. The van der Waals surface area contributed by atoms with Gasteiger partial charge in [0.2, 0.25) is 0 Å². The van der Waals surface area contributed by atoms with Crippen LogP contribution in [-0.2, 0) is 11.4 Å². The number of hydrogen-bond acceptors (Lipinski definition) is 6. The number of nitrogens with zero attached hydrogens (tertiary/aromatic N) is 1. The Hall–Kier alpha value is -3.15. The number of ether oxygens (including phenoxy) is 2. The molecule has 0 N–H and O–H groups in total. The van der Waals surface area contributed by atoms with Crippen molar-refractivity contribution in [3.05, 3.63) is 53.0 Å². The van der Waals surface area contributed by atoms with Gasteiger partial charge < -0.3 is 13.9 Å². The van der Waals surface area contributed by atoms with E-state index in [2.05, 4.69) is 4.98 Å². The van der Waals surface area contributed by atoms with Crippen LogP contribution >= 0.6 is 0 Å². The molecule has 3 aromatic rings. The van der Waals surface area contributed by atoms with Gasteiger partial charge >= 0.3 is 5.97 Å². The van der Waals surface area contributed by atoms with Crippen LogP contribution in [0.25, 0.3) is 11.0 Å². The third-order valence-corrected chi connectivity index (χ3v) is 3.99. The quantitative estimate of drug-likeness (QED) is 0.506. The lowest BCUT2D eigenvalue weighted by molar-refractivity contribution is -0.131. The van der Waals surface area contributed by atoms with Crippen molar-refractivity contribution < 1.29 is 23.5 Å². The first-order valence-electron chi connectivity index (χ1n) is 8.16. The molecule has 3 rings (SSSR count). The van der Waals surface area contributed by atoms with E-state index in [9.17, 15) is 9.59 Å². The van der Waals surface area contributed by atoms with E-state index in [0.29, 0.717) is 22.3 Å². The van der Waals surface area contributed by atoms with Gasteiger partial charge in [-0.3, -0.25) is 14.6 Å². The van der Waals surface area contributed by atoms with Gasteiger partial charge in [0.1, 0.15) is 24.2 Å². The van der Waals surface area contributed by atoms with Crippen molar-refractivity contribution in [1.82, 2.24) is 4.98 Å². The number of aromatic nitrogens is 1. The maximum absolute atomic E-state index is 12.2. The second-order valence-electron chi connectivity index (χ2n) is 6.05. The Morgan fingerprint density at radius 3 is 2.50 bits per heavy atom. The lowest BCUT2D eigenvalue weighted by Crippen LogP contribution is -2.05. The van der Waals surface area contributed by atoms with Crippen LogP contribution < -0.4 is 9.47 Å². The molecule has 0 fully saturated rings. The summed E-state index contributed by atoms with van der Waals surface area (Å²) < 4.78 is 16.5. The Morgan fingerprint density at radius 2 is 1.85 bits per heavy atom. The third-order valence-electron chi connectivity index (χ3n) is 3.99. The number of fused-ring (bicyclic) bond motifs is 1. The number of Topliss-reactive ketones (excluding diaryl/α,β-unsaturated/α-hetero) is 1. The molecule has 0 aliphatic carbocycles. The Bertz CT molecular complexity index is 1000. The number of esters is 1. The minimum atomic E-state index is -0.459. The van der Waals surface area contributed by atoms with Gasteiger partial charge in [0.25, 0.3) is 0 Å². The third kappa shape index (κ3) is 3.44. The molecule has 1 aromatic carbocycles. The zero-order valence-electron chi connectivity index (χ0n) is 15.1. The second-order valence-corrected chi connectivity index (χ2v) is 6.05. The Morgan fingerprint density at radius 1 is 1.08 bits per heavy atom. The van der Waals surface area contributed by atoms with Crippen molar-refractivity contribution in [3.8, 4) is 11.5 Å². The predicted octanol–water partition coefficient (Wildman–Crippen LogP) is 4.15. The topological polar surface area (TPSA) is 78.6 Å². The summed E-state index contributed by atoms with van der Waals surface area (Å²) in [6, 6.07) is 7.26. The molecule has 0 aliphatic heterocycles. The predicted molar refractivity (Wildman–Crippen MR) is 95.6 cm³/mol. The molecule has 0 unspecified atom stereocenters. The van der Waals surface area contributed by atoms with Crippen LogP contribution in [-0.4, -0.2) is 16.7 Å². The van der Waals surface area contributed by atoms with Crippen LogP contribution in [0, 0.1) is 13.8 Å². The Labute approximate surface area is 150 Å². The van der Waals surface area contributed by atoms with Crippen molar-refractivity contribution in [2.75, 3.05) is 0 Å². The van der Waals surface area contributed by atoms with Gasteiger partial charge in [-0.2, -0.15) is 0 Å². The lowest BCUT2D eigenvalue weighted by Gasteiger charge is -2.12. The average molecular weight is 353 g/mol. The van der Waals surface area contributed by atoms with Crippen molar-refractivity contribution in [2.24, 2.45) is 0 Å². The number of carbonyl (C=O) groups excluding carboxylic acids is 2. The summed E-state index contributed by atoms with van der Waals surface area (Å²) in [7, 11) is 0. The van der Waals surface area contributed by atoms with E-state index in [1.165, 1.54) is 20.1 Å². The Kier molecular flexibility index (Phi) is 4.75. The molecule has 6 nitrogen and oxygen atoms in total. The summed E-state index contributed by atoms with van der Waals surface area (Å²) >= 11 is 0. The van der Waals surface area contributed by atoms with Gasteiger partial charge in [0, 0.05) is 23.9 Å². The van der Waals surface area contributed by atoms with Crippen LogP contribution in [0.3, 0.4) is 0 Å². The number of pyridine rings is 1. The van der Waals surface area contributed by atoms with Gasteiger partial charge in [-0.05, 0) is 39.0 Å². The van der Waals surface area contributed by atoms with Gasteiger partial charge in [-0.15, -0.1) is 0 Å². The van der Waals surface area contributed by atoms with E-state index in [4.69, 9.17) is 13.9 Å². The minimum Gasteiger partial charge on any atom is -0.488 e. The molecule has 0 aliphatic rings. The van der Waals surface area contributed by atoms with Crippen molar-refractivity contribution in [1.29, 1.82) is 0 Å². The minimum absolute atomic E-state index is 0.201. The molecule has 0 saturated carbocycles. The first-order valence-corrected chi connectivity index (χ1v) is 8.16. The van der Waals surface area contributed by atoms with Crippen molar-refractivity contribution in [2.45, 2.75) is 34.3 Å². The fourth-order valence-electron chi connectivity index (χ4n) is 2.77. The SMILES string of the molecule is CC(=O)Oc1coc2c(C(C)=O)c(OCc3ccc(C)nc3C)ccc12. The number of ketones is 1. The second kappa shape index (κ2) is 7.00. The first-order chi connectivity index (χ1) is 12.4. The molecule has 0 atom stereocenters. The fourth-order valence-corrected chi connectivity index (χ4v) is 2.77. The smallest absolute Gasteiger partial charge is 0.308 e. The molecular weight excluding hydrogens is 334 g/mol. The maximum Gasteiger partial charge on any atom is 0.308 e. The molecule has 134 valence electrons. The highest BCUT2D eigenvalue weighted by Gasteiger charge is 2.20. The average Bonchev–Trinajstić information content (AvgIpc) is 2.95. The number of carbonyl (C=O) groups is 2. The molecular formula is C20H19NO5. The highest BCUT2D eigenvalue weighted by Crippen LogP contribution is 2.36. The number of hydrogen-bond donors (Lipinski definition) is 0.